The summed E-state index contributed by atoms with van der Waals surface area (Å²) in [6.07, 6.45) is 2.40. The number of halogens is 1. The molecule has 1 aliphatic rings. The summed E-state index contributed by atoms with van der Waals surface area (Å²) in [5.41, 5.74) is 1.20. The highest BCUT2D eigenvalue weighted by atomic mass is 32.2. The van der Waals surface area contributed by atoms with Crippen molar-refractivity contribution < 1.29 is 32.2 Å². The van der Waals surface area contributed by atoms with E-state index in [1.54, 1.807) is 18.2 Å². The predicted octanol–water partition coefficient (Wildman–Crippen LogP) is 3.28. The van der Waals surface area contributed by atoms with Crippen LogP contribution in [0, 0.1) is 5.82 Å². The Hall–Kier alpha value is -3.07. The third-order valence-electron chi connectivity index (χ3n) is 5.67. The minimum atomic E-state index is -3.05. The van der Waals surface area contributed by atoms with Crippen molar-refractivity contribution in [2.24, 2.45) is 7.05 Å². The molecule has 0 radical (unpaired) electrons. The Morgan fingerprint density at radius 1 is 1.19 bits per heavy atom. The van der Waals surface area contributed by atoms with Gasteiger partial charge in [0.2, 0.25) is 11.7 Å². The van der Waals surface area contributed by atoms with Crippen LogP contribution >= 0.6 is 0 Å². The van der Waals surface area contributed by atoms with E-state index in [2.05, 4.69) is 0 Å². The van der Waals surface area contributed by atoms with Crippen molar-refractivity contribution in [3.8, 4) is 11.6 Å². The summed E-state index contributed by atoms with van der Waals surface area (Å²) in [6.45, 7) is 0. The molecule has 1 aromatic carbocycles. The van der Waals surface area contributed by atoms with Crippen molar-refractivity contribution in [2.75, 3.05) is 11.5 Å². The Balaban J connectivity index is 1.72. The van der Waals surface area contributed by atoms with Crippen LogP contribution in [0.4, 0.5) is 4.39 Å². The first-order valence-corrected chi connectivity index (χ1v) is 11.7. The van der Waals surface area contributed by atoms with Gasteiger partial charge in [0.05, 0.1) is 17.1 Å². The van der Waals surface area contributed by atoms with Gasteiger partial charge in [-0.3, -0.25) is 4.79 Å². The molecule has 2 aromatic heterocycles. The molecule has 0 spiro atoms. The monoisotopic (exact) mass is 447 g/mol. The molecule has 164 valence electrons. The van der Waals surface area contributed by atoms with E-state index < -0.39 is 27.2 Å². The number of aromatic hydroxyl groups is 2. The molecule has 4 rings (SSSR count). The molecule has 0 amide bonds. The lowest BCUT2D eigenvalue weighted by molar-refractivity contribution is 0.100. The highest BCUT2D eigenvalue weighted by molar-refractivity contribution is 7.91. The number of hydrogen-bond acceptors (Lipinski definition) is 6. The molecule has 2 N–H and O–H groups in total. The maximum absolute atomic E-state index is 13.3. The molecule has 1 fully saturated rings. The number of hydrogen-bond donors (Lipinski definition) is 2. The van der Waals surface area contributed by atoms with E-state index in [0.717, 1.165) is 5.56 Å². The zero-order valence-electron chi connectivity index (χ0n) is 16.8. The normalized spacial score (nSPS) is 16.5. The molecule has 3 aromatic rings. The standard InChI is InChI=1S/C22H22FNO6S/c1-24-12-17(20(26)22(24)27)19(25)21-15(10-13-2-4-16(23)5-3-13)11-18(30-21)14-6-8-31(28,29)9-7-14/h2-5,11-12,14,26-27H,6-10H2,1H3. The summed E-state index contributed by atoms with van der Waals surface area (Å²) in [5, 5.41) is 20.0. The number of nitrogens with zero attached hydrogens (tertiary/aromatic N) is 1. The van der Waals surface area contributed by atoms with Gasteiger partial charge in [0.15, 0.2) is 11.5 Å². The Morgan fingerprint density at radius 3 is 2.42 bits per heavy atom. The Morgan fingerprint density at radius 2 is 1.84 bits per heavy atom. The molecule has 0 atom stereocenters. The predicted molar refractivity (Wildman–Crippen MR) is 111 cm³/mol. The number of ketones is 1. The quantitative estimate of drug-likeness (QED) is 0.581. The van der Waals surface area contributed by atoms with Crippen LogP contribution < -0.4 is 0 Å². The fourth-order valence-electron chi connectivity index (χ4n) is 3.86. The van der Waals surface area contributed by atoms with Crippen molar-refractivity contribution in [3.63, 3.8) is 0 Å². The van der Waals surface area contributed by atoms with Gasteiger partial charge in [0, 0.05) is 31.1 Å². The second kappa shape index (κ2) is 7.88. The molecule has 0 aliphatic carbocycles. The van der Waals surface area contributed by atoms with Crippen molar-refractivity contribution >= 4 is 15.6 Å². The fraction of sp³-hybridized carbons (Fsp3) is 0.318. The first-order valence-electron chi connectivity index (χ1n) is 9.84. The van der Waals surface area contributed by atoms with Gasteiger partial charge < -0.3 is 19.2 Å². The lowest BCUT2D eigenvalue weighted by Gasteiger charge is -2.19. The number of aromatic nitrogens is 1. The van der Waals surface area contributed by atoms with E-state index in [0.29, 0.717) is 24.2 Å². The van der Waals surface area contributed by atoms with Gasteiger partial charge in [-0.2, -0.15) is 0 Å². The SMILES string of the molecule is Cn1cc(C(=O)c2oc(C3CCS(=O)(=O)CC3)cc2Cc2ccc(F)cc2)c(O)c1O. The van der Waals surface area contributed by atoms with Gasteiger partial charge in [-0.15, -0.1) is 0 Å². The van der Waals surface area contributed by atoms with Gasteiger partial charge in [0.25, 0.3) is 0 Å². The van der Waals surface area contributed by atoms with E-state index in [4.69, 9.17) is 4.42 Å². The van der Waals surface area contributed by atoms with Crippen LogP contribution in [0.15, 0.2) is 40.9 Å². The first-order chi connectivity index (χ1) is 14.6. The van der Waals surface area contributed by atoms with E-state index in [9.17, 15) is 27.8 Å². The molecule has 7 nitrogen and oxygen atoms in total. The molecular formula is C22H22FNO6S. The highest BCUT2D eigenvalue weighted by Crippen LogP contribution is 2.36. The molecular weight excluding hydrogens is 425 g/mol. The first kappa shape index (κ1) is 21.2. The second-order valence-corrected chi connectivity index (χ2v) is 10.2. The van der Waals surface area contributed by atoms with Crippen LogP contribution in [0.5, 0.6) is 11.6 Å². The lowest BCUT2D eigenvalue weighted by atomic mass is 9.97. The van der Waals surface area contributed by atoms with Crippen LogP contribution in [0.2, 0.25) is 0 Å². The number of benzene rings is 1. The lowest BCUT2D eigenvalue weighted by Crippen LogP contribution is -2.21. The van der Waals surface area contributed by atoms with Crippen molar-refractivity contribution in [1.82, 2.24) is 4.57 Å². The van der Waals surface area contributed by atoms with Gasteiger partial charge >= 0.3 is 0 Å². The van der Waals surface area contributed by atoms with E-state index >= 15 is 0 Å². The van der Waals surface area contributed by atoms with Gasteiger partial charge in [-0.25, -0.2) is 12.8 Å². The third-order valence-corrected chi connectivity index (χ3v) is 7.38. The fourth-order valence-corrected chi connectivity index (χ4v) is 5.35. The number of furan rings is 1. The molecule has 0 unspecified atom stereocenters. The summed E-state index contributed by atoms with van der Waals surface area (Å²) < 4.78 is 43.9. The number of carbonyl (C=O) groups is 1. The highest BCUT2D eigenvalue weighted by Gasteiger charge is 2.31. The average molecular weight is 447 g/mol. The van der Waals surface area contributed by atoms with Gasteiger partial charge in [0.1, 0.15) is 21.4 Å². The summed E-state index contributed by atoms with van der Waals surface area (Å²) in [6, 6.07) is 7.60. The summed E-state index contributed by atoms with van der Waals surface area (Å²) in [7, 11) is -1.57. The Kier molecular flexibility index (Phi) is 5.38. The Labute approximate surface area is 178 Å². The van der Waals surface area contributed by atoms with Crippen LogP contribution in [0.25, 0.3) is 0 Å². The third kappa shape index (κ3) is 4.23. The largest absolute Gasteiger partial charge is 0.503 e. The van der Waals surface area contributed by atoms with E-state index in [1.807, 2.05) is 0 Å². The average Bonchev–Trinajstić information content (AvgIpc) is 3.26. The molecule has 1 saturated heterocycles. The summed E-state index contributed by atoms with van der Waals surface area (Å²) in [4.78, 5) is 13.2. The number of sulfone groups is 1. The van der Waals surface area contributed by atoms with Gasteiger partial charge in [-0.1, -0.05) is 12.1 Å². The van der Waals surface area contributed by atoms with Crippen LogP contribution in [-0.4, -0.2) is 40.5 Å². The zero-order chi connectivity index (χ0) is 22.3. The van der Waals surface area contributed by atoms with Gasteiger partial charge in [-0.05, 0) is 36.6 Å². The smallest absolute Gasteiger partial charge is 0.235 e. The minimum absolute atomic E-state index is 0.00801. The molecule has 9 heteroatoms. The second-order valence-electron chi connectivity index (χ2n) is 7.89. The van der Waals surface area contributed by atoms with Crippen molar-refractivity contribution in [3.05, 3.63) is 70.6 Å². The number of rotatable bonds is 5. The maximum atomic E-state index is 13.3. The molecule has 0 saturated carbocycles. The molecule has 1 aliphatic heterocycles. The van der Waals surface area contributed by atoms with Crippen molar-refractivity contribution in [1.29, 1.82) is 0 Å². The molecule has 0 bridgehead atoms. The molecule has 31 heavy (non-hydrogen) atoms. The number of carbonyl (C=O) groups excluding carboxylic acids is 1. The maximum Gasteiger partial charge on any atom is 0.235 e. The van der Waals surface area contributed by atoms with E-state index in [1.165, 1.54) is 29.9 Å². The zero-order valence-corrected chi connectivity index (χ0v) is 17.7. The van der Waals surface area contributed by atoms with Crippen molar-refractivity contribution in [2.45, 2.75) is 25.2 Å². The van der Waals surface area contributed by atoms with E-state index in [-0.39, 0.29) is 41.0 Å². The number of aryl methyl sites for hydroxylation is 1. The van der Waals surface area contributed by atoms with Crippen LogP contribution in [-0.2, 0) is 23.3 Å². The Bertz CT molecular complexity index is 1230. The topological polar surface area (TPSA) is 110 Å². The summed E-state index contributed by atoms with van der Waals surface area (Å²) in [5.74, 6) is -1.46. The molecule has 3 heterocycles. The van der Waals surface area contributed by atoms with Crippen LogP contribution in [0.1, 0.15) is 51.8 Å². The van der Waals surface area contributed by atoms with Crippen LogP contribution in [0.3, 0.4) is 0 Å². The summed E-state index contributed by atoms with van der Waals surface area (Å²) >= 11 is 0. The minimum Gasteiger partial charge on any atom is -0.503 e.